The number of anilines is 1. The van der Waals surface area contributed by atoms with Gasteiger partial charge in [-0.25, -0.2) is 15.0 Å². The normalized spacial score (nSPS) is 16.3. The molecule has 4 rings (SSSR count). The molecule has 0 saturated carbocycles. The highest BCUT2D eigenvalue weighted by molar-refractivity contribution is 5.90. The molecule has 1 aromatic carbocycles. The number of fused-ring (bicyclic) bond motifs is 1. The van der Waals surface area contributed by atoms with Gasteiger partial charge in [-0.05, 0) is 38.0 Å². The van der Waals surface area contributed by atoms with E-state index in [1.54, 1.807) is 12.3 Å². The number of aliphatic hydroxyl groups excluding tert-OH is 1. The largest absolute Gasteiger partial charge is 0.489 e. The van der Waals surface area contributed by atoms with Gasteiger partial charge in [0.25, 0.3) is 0 Å². The lowest BCUT2D eigenvalue weighted by atomic mass is 10.2. The molecule has 0 unspecified atom stereocenters. The average molecular weight is 375 g/mol. The summed E-state index contributed by atoms with van der Waals surface area (Å²) in [6, 6.07) is 11.4. The number of nitriles is 1. The molecule has 1 aliphatic heterocycles. The number of aliphatic hydroxyl groups is 1. The summed E-state index contributed by atoms with van der Waals surface area (Å²) >= 11 is 0. The first kappa shape index (κ1) is 18.1. The summed E-state index contributed by atoms with van der Waals surface area (Å²) in [5.74, 6) is 2.28. The number of hydrogen-bond donors (Lipinski definition) is 1. The number of aromatic nitrogens is 3. The molecule has 3 aromatic rings. The summed E-state index contributed by atoms with van der Waals surface area (Å²) in [6.45, 7) is 3.26. The summed E-state index contributed by atoms with van der Waals surface area (Å²) in [5, 5.41) is 19.4. The Kier molecular flexibility index (Phi) is 5.04. The molecule has 1 aliphatic rings. The van der Waals surface area contributed by atoms with Gasteiger partial charge in [0, 0.05) is 29.8 Å². The summed E-state index contributed by atoms with van der Waals surface area (Å²) in [6.07, 6.45) is 3.67. The third-order valence-electron chi connectivity index (χ3n) is 4.96. The predicted octanol–water partition coefficient (Wildman–Crippen LogP) is 2.75. The van der Waals surface area contributed by atoms with Crippen LogP contribution in [0.4, 0.5) is 5.82 Å². The van der Waals surface area contributed by atoms with Gasteiger partial charge < -0.3 is 14.7 Å². The Morgan fingerprint density at radius 2 is 2.18 bits per heavy atom. The molecule has 2 aromatic heterocycles. The van der Waals surface area contributed by atoms with Crippen LogP contribution in [0, 0.1) is 18.3 Å². The van der Waals surface area contributed by atoms with Crippen molar-refractivity contribution in [2.24, 2.45) is 0 Å². The van der Waals surface area contributed by atoms with Gasteiger partial charge in [-0.1, -0.05) is 6.07 Å². The summed E-state index contributed by atoms with van der Waals surface area (Å²) in [5.41, 5.74) is 2.10. The Morgan fingerprint density at radius 1 is 1.29 bits per heavy atom. The zero-order valence-electron chi connectivity index (χ0n) is 15.7. The van der Waals surface area contributed by atoms with E-state index in [-0.39, 0.29) is 12.6 Å². The van der Waals surface area contributed by atoms with Crippen LogP contribution < -0.4 is 9.64 Å². The van der Waals surface area contributed by atoms with Gasteiger partial charge in [-0.3, -0.25) is 0 Å². The maximum Gasteiger partial charge on any atom is 0.140 e. The van der Waals surface area contributed by atoms with E-state index >= 15 is 0 Å². The zero-order valence-corrected chi connectivity index (χ0v) is 15.7. The highest BCUT2D eigenvalue weighted by Crippen LogP contribution is 2.31. The minimum absolute atomic E-state index is 0.109. The van der Waals surface area contributed by atoms with E-state index in [9.17, 15) is 5.11 Å². The van der Waals surface area contributed by atoms with Crippen molar-refractivity contribution in [3.63, 3.8) is 0 Å². The number of benzene rings is 1. The zero-order chi connectivity index (χ0) is 19.5. The van der Waals surface area contributed by atoms with Gasteiger partial charge in [0.2, 0.25) is 0 Å². The molecule has 28 heavy (non-hydrogen) atoms. The molecule has 142 valence electrons. The third-order valence-corrected chi connectivity index (χ3v) is 4.96. The minimum Gasteiger partial charge on any atom is -0.489 e. The van der Waals surface area contributed by atoms with Gasteiger partial charge in [-0.2, -0.15) is 5.26 Å². The fourth-order valence-electron chi connectivity index (χ4n) is 3.56. The molecule has 1 fully saturated rings. The lowest BCUT2D eigenvalue weighted by Gasteiger charge is -2.25. The fraction of sp³-hybridized carbons (Fsp3) is 0.333. The number of aryl methyl sites for hydroxylation is 1. The second kappa shape index (κ2) is 7.79. The molecule has 0 bridgehead atoms. The van der Waals surface area contributed by atoms with Crippen molar-refractivity contribution in [2.75, 3.05) is 18.1 Å². The van der Waals surface area contributed by atoms with Crippen molar-refractivity contribution in [1.82, 2.24) is 15.0 Å². The van der Waals surface area contributed by atoms with Crippen molar-refractivity contribution in [3.8, 4) is 11.8 Å². The van der Waals surface area contributed by atoms with Crippen molar-refractivity contribution in [2.45, 2.75) is 32.4 Å². The first-order valence-electron chi connectivity index (χ1n) is 9.31. The number of rotatable bonds is 5. The summed E-state index contributed by atoms with van der Waals surface area (Å²) < 4.78 is 5.88. The molecule has 0 radical (unpaired) electrons. The third kappa shape index (κ3) is 3.59. The molecular formula is C21H21N5O2. The second-order valence-electron chi connectivity index (χ2n) is 6.90. The van der Waals surface area contributed by atoms with E-state index in [1.807, 2.05) is 37.3 Å². The molecule has 1 atom stereocenters. The summed E-state index contributed by atoms with van der Waals surface area (Å²) in [7, 11) is 0. The van der Waals surface area contributed by atoms with Gasteiger partial charge in [-0.15, -0.1) is 0 Å². The maximum absolute atomic E-state index is 9.67. The molecule has 0 aliphatic carbocycles. The molecule has 3 heterocycles. The Labute approximate surface area is 163 Å². The lowest BCUT2D eigenvalue weighted by molar-refractivity contribution is 0.266. The smallest absolute Gasteiger partial charge is 0.140 e. The standard InChI is InChI=1S/C21H21N5O2/c1-14-24-20-9-18(28-13-15-4-5-16(10-22)23-11-15)6-7-19(20)21(25-14)26-8-2-3-17(26)12-27/h4-7,9,11,17,27H,2-3,8,12-13H2,1H3/t17-/m0/s1. The van der Waals surface area contributed by atoms with Crippen LogP contribution in [0.5, 0.6) is 5.75 Å². The average Bonchev–Trinajstić information content (AvgIpc) is 3.20. The van der Waals surface area contributed by atoms with E-state index in [4.69, 9.17) is 10.00 Å². The van der Waals surface area contributed by atoms with Gasteiger partial charge >= 0.3 is 0 Å². The first-order chi connectivity index (χ1) is 13.7. The van der Waals surface area contributed by atoms with Gasteiger partial charge in [0.15, 0.2) is 0 Å². The van der Waals surface area contributed by atoms with Gasteiger partial charge in [0.1, 0.15) is 35.8 Å². The fourth-order valence-corrected chi connectivity index (χ4v) is 3.56. The Morgan fingerprint density at radius 3 is 2.93 bits per heavy atom. The quantitative estimate of drug-likeness (QED) is 0.732. The monoisotopic (exact) mass is 375 g/mol. The first-order valence-corrected chi connectivity index (χ1v) is 9.31. The molecule has 0 amide bonds. The van der Waals surface area contributed by atoms with E-state index in [2.05, 4.69) is 19.9 Å². The highest BCUT2D eigenvalue weighted by atomic mass is 16.5. The van der Waals surface area contributed by atoms with Crippen LogP contribution in [-0.2, 0) is 6.61 Å². The second-order valence-corrected chi connectivity index (χ2v) is 6.90. The number of ether oxygens (including phenoxy) is 1. The van der Waals surface area contributed by atoms with Crippen LogP contribution in [0.15, 0.2) is 36.5 Å². The van der Waals surface area contributed by atoms with Crippen molar-refractivity contribution >= 4 is 16.7 Å². The SMILES string of the molecule is Cc1nc(N2CCC[C@H]2CO)c2ccc(OCc3ccc(C#N)nc3)cc2n1. The maximum atomic E-state index is 9.67. The van der Waals surface area contributed by atoms with Crippen LogP contribution >= 0.6 is 0 Å². The van der Waals surface area contributed by atoms with Crippen LogP contribution in [-0.4, -0.2) is 39.3 Å². The molecule has 1 saturated heterocycles. The summed E-state index contributed by atoms with van der Waals surface area (Å²) in [4.78, 5) is 15.5. The Balaban J connectivity index is 1.59. The Hall–Kier alpha value is -3.24. The van der Waals surface area contributed by atoms with Gasteiger partial charge in [0.05, 0.1) is 18.2 Å². The van der Waals surface area contributed by atoms with Crippen LogP contribution in [0.25, 0.3) is 10.9 Å². The van der Waals surface area contributed by atoms with Crippen LogP contribution in [0.3, 0.4) is 0 Å². The predicted molar refractivity (Wildman–Crippen MR) is 105 cm³/mol. The molecular weight excluding hydrogens is 354 g/mol. The number of hydrogen-bond acceptors (Lipinski definition) is 7. The lowest BCUT2D eigenvalue weighted by Crippen LogP contribution is -2.33. The van der Waals surface area contributed by atoms with E-state index in [1.165, 1.54) is 0 Å². The minimum atomic E-state index is 0.109. The number of pyridine rings is 1. The Bertz CT molecular complexity index is 1030. The highest BCUT2D eigenvalue weighted by Gasteiger charge is 2.26. The van der Waals surface area contributed by atoms with E-state index < -0.39 is 0 Å². The molecule has 7 heteroatoms. The van der Waals surface area contributed by atoms with Crippen LogP contribution in [0.2, 0.25) is 0 Å². The number of nitrogens with zero attached hydrogens (tertiary/aromatic N) is 5. The van der Waals surface area contributed by atoms with Crippen molar-refractivity contribution < 1.29 is 9.84 Å². The van der Waals surface area contributed by atoms with Crippen molar-refractivity contribution in [3.05, 3.63) is 53.6 Å². The van der Waals surface area contributed by atoms with E-state index in [0.717, 1.165) is 41.7 Å². The molecule has 1 N–H and O–H groups in total. The molecule has 0 spiro atoms. The molecule has 7 nitrogen and oxygen atoms in total. The topological polar surface area (TPSA) is 95.2 Å². The van der Waals surface area contributed by atoms with E-state index in [0.29, 0.717) is 23.9 Å². The van der Waals surface area contributed by atoms with Crippen molar-refractivity contribution in [1.29, 1.82) is 5.26 Å². The van der Waals surface area contributed by atoms with Crippen LogP contribution in [0.1, 0.15) is 29.9 Å².